The lowest BCUT2D eigenvalue weighted by molar-refractivity contribution is -0.0573. The largest absolute Gasteiger partial charge is 0.367 e. The number of rotatable bonds is 21. The van der Waals surface area contributed by atoms with Gasteiger partial charge < -0.3 is 15.1 Å². The molecule has 3 heteroatoms. The Morgan fingerprint density at radius 3 is 1.15 bits per heavy atom. The Bertz CT molecular complexity index is 259. The van der Waals surface area contributed by atoms with Gasteiger partial charge in [0.25, 0.3) is 0 Å². The predicted molar refractivity (Wildman–Crippen MR) is 115 cm³/mol. The van der Waals surface area contributed by atoms with Crippen molar-refractivity contribution in [3.05, 3.63) is 0 Å². The monoisotopic (exact) mass is 371 g/mol. The van der Waals surface area contributed by atoms with Crippen molar-refractivity contribution < 1.29 is 10.2 Å². The third kappa shape index (κ3) is 21.9. The third-order valence-corrected chi connectivity index (χ3v) is 5.37. The molecule has 0 unspecified atom stereocenters. The van der Waals surface area contributed by atoms with E-state index in [4.69, 9.17) is 10.2 Å². The summed E-state index contributed by atoms with van der Waals surface area (Å²) in [4.78, 5) is 2.00. The lowest BCUT2D eigenvalue weighted by Crippen LogP contribution is -2.29. The molecule has 0 spiro atoms. The van der Waals surface area contributed by atoms with E-state index >= 15 is 0 Å². The van der Waals surface area contributed by atoms with Gasteiger partial charge in [-0.2, -0.15) is 0 Å². The summed E-state index contributed by atoms with van der Waals surface area (Å²) in [5.74, 6) is 0. The van der Waals surface area contributed by atoms with E-state index in [1.54, 1.807) is 0 Å². The summed E-state index contributed by atoms with van der Waals surface area (Å²) < 4.78 is 0. The van der Waals surface area contributed by atoms with Gasteiger partial charge in [0.2, 0.25) is 0 Å². The molecular formula is C23H49NO2. The summed E-state index contributed by atoms with van der Waals surface area (Å²) >= 11 is 0. The molecule has 0 atom stereocenters. The van der Waals surface area contributed by atoms with Gasteiger partial charge in [-0.05, 0) is 20.0 Å². The van der Waals surface area contributed by atoms with Gasteiger partial charge in [0.05, 0.1) is 0 Å². The first-order valence-corrected chi connectivity index (χ1v) is 11.7. The minimum atomic E-state index is -1.20. The highest BCUT2D eigenvalue weighted by atomic mass is 16.5. The van der Waals surface area contributed by atoms with E-state index in [1.165, 1.54) is 116 Å². The summed E-state index contributed by atoms with van der Waals surface area (Å²) in [6, 6.07) is 0. The first kappa shape index (κ1) is 25.9. The van der Waals surface area contributed by atoms with Crippen LogP contribution in [0.4, 0.5) is 0 Å². The summed E-state index contributed by atoms with van der Waals surface area (Å²) in [5.41, 5.74) is 0. The smallest absolute Gasteiger partial charge is 0.164 e. The molecule has 158 valence electrons. The Balaban J connectivity index is 3.05. The maximum atomic E-state index is 8.89. The molecule has 0 aliphatic carbocycles. The zero-order chi connectivity index (χ0) is 19.3. The first-order chi connectivity index (χ1) is 12.7. The molecule has 0 aromatic heterocycles. The van der Waals surface area contributed by atoms with Crippen LogP contribution in [0.15, 0.2) is 0 Å². The second kappa shape index (κ2) is 21.2. The van der Waals surface area contributed by atoms with Crippen LogP contribution in [0.5, 0.6) is 0 Å². The molecule has 0 fully saturated rings. The zero-order valence-electron chi connectivity index (χ0n) is 18.1. The van der Waals surface area contributed by atoms with Crippen LogP contribution < -0.4 is 0 Å². The van der Waals surface area contributed by atoms with Crippen LogP contribution in [0.1, 0.15) is 122 Å². The molecule has 0 radical (unpaired) electrons. The second-order valence-corrected chi connectivity index (χ2v) is 8.25. The van der Waals surface area contributed by atoms with Gasteiger partial charge in [-0.25, -0.2) is 0 Å². The normalized spacial score (nSPS) is 11.8. The van der Waals surface area contributed by atoms with E-state index in [-0.39, 0.29) is 0 Å². The summed E-state index contributed by atoms with van der Waals surface area (Å²) in [5, 5.41) is 17.8. The Morgan fingerprint density at radius 1 is 0.538 bits per heavy atom. The molecule has 3 nitrogen and oxygen atoms in total. The fraction of sp³-hybridized carbons (Fsp3) is 1.00. The van der Waals surface area contributed by atoms with E-state index in [2.05, 4.69) is 6.92 Å². The van der Waals surface area contributed by atoms with Crippen LogP contribution in [0.3, 0.4) is 0 Å². The van der Waals surface area contributed by atoms with Gasteiger partial charge in [-0.15, -0.1) is 0 Å². The zero-order valence-corrected chi connectivity index (χ0v) is 18.1. The van der Waals surface area contributed by atoms with E-state index in [9.17, 15) is 0 Å². The summed E-state index contributed by atoms with van der Waals surface area (Å²) in [7, 11) is 1.95. The molecule has 0 bridgehead atoms. The highest BCUT2D eigenvalue weighted by molar-refractivity contribution is 4.54. The highest BCUT2D eigenvalue weighted by Gasteiger charge is 2.03. The van der Waals surface area contributed by atoms with Crippen LogP contribution in [-0.4, -0.2) is 41.5 Å². The second-order valence-electron chi connectivity index (χ2n) is 8.25. The molecule has 2 N–H and O–H groups in total. The minimum Gasteiger partial charge on any atom is -0.367 e. The van der Waals surface area contributed by atoms with E-state index < -0.39 is 6.29 Å². The fourth-order valence-corrected chi connectivity index (χ4v) is 3.65. The fourth-order valence-electron chi connectivity index (χ4n) is 3.65. The summed E-state index contributed by atoms with van der Waals surface area (Å²) in [6.45, 7) is 3.62. The Labute approximate surface area is 164 Å². The Kier molecular flexibility index (Phi) is 21.1. The molecule has 0 aliphatic rings. The number of hydrogen-bond donors (Lipinski definition) is 2. The van der Waals surface area contributed by atoms with E-state index in [1.807, 2.05) is 11.9 Å². The van der Waals surface area contributed by atoms with Crippen molar-refractivity contribution in [2.45, 2.75) is 129 Å². The van der Waals surface area contributed by atoms with Crippen LogP contribution >= 0.6 is 0 Å². The molecule has 0 amide bonds. The molecule has 0 heterocycles. The van der Waals surface area contributed by atoms with Crippen molar-refractivity contribution in [3.8, 4) is 0 Å². The van der Waals surface area contributed by atoms with Crippen molar-refractivity contribution >= 4 is 0 Å². The molecule has 0 aromatic rings. The predicted octanol–water partition coefficient (Wildman–Crippen LogP) is 6.27. The maximum absolute atomic E-state index is 8.89. The van der Waals surface area contributed by atoms with E-state index in [0.29, 0.717) is 6.54 Å². The van der Waals surface area contributed by atoms with Crippen LogP contribution in [0, 0.1) is 0 Å². The molecular weight excluding hydrogens is 322 g/mol. The van der Waals surface area contributed by atoms with Crippen LogP contribution in [0.25, 0.3) is 0 Å². The summed E-state index contributed by atoms with van der Waals surface area (Å²) in [6.07, 6.45) is 24.0. The molecule has 0 aliphatic heterocycles. The standard InChI is InChI=1S/C23H49NO2/c1-3-4-5-6-7-8-9-10-11-12-13-14-15-16-17-18-19-20-21-24(2)22-23(25)26/h23,25-26H,3-22H2,1-2H3. The van der Waals surface area contributed by atoms with E-state index in [0.717, 1.165) is 6.54 Å². The van der Waals surface area contributed by atoms with Gasteiger partial charge in [-0.1, -0.05) is 116 Å². The number of unbranched alkanes of at least 4 members (excludes halogenated alkanes) is 17. The maximum Gasteiger partial charge on any atom is 0.164 e. The molecule has 0 saturated heterocycles. The average molecular weight is 372 g/mol. The number of aliphatic hydroxyl groups excluding tert-OH is 1. The SMILES string of the molecule is CCCCCCCCCCCCCCCCCCCCN(C)CC(O)O. The lowest BCUT2D eigenvalue weighted by Gasteiger charge is -2.17. The van der Waals surface area contributed by atoms with Crippen molar-refractivity contribution in [1.29, 1.82) is 0 Å². The van der Waals surface area contributed by atoms with Gasteiger partial charge in [0.15, 0.2) is 6.29 Å². The highest BCUT2D eigenvalue weighted by Crippen LogP contribution is 2.14. The molecule has 0 saturated carbocycles. The minimum absolute atomic E-state index is 0.360. The quantitative estimate of drug-likeness (QED) is 0.184. The molecule has 0 aromatic carbocycles. The third-order valence-electron chi connectivity index (χ3n) is 5.37. The lowest BCUT2D eigenvalue weighted by atomic mass is 10.0. The molecule has 26 heavy (non-hydrogen) atoms. The number of nitrogens with zero attached hydrogens (tertiary/aromatic N) is 1. The van der Waals surface area contributed by atoms with Crippen LogP contribution in [0.2, 0.25) is 0 Å². The number of likely N-dealkylation sites (N-methyl/N-ethyl adjacent to an activating group) is 1. The average Bonchev–Trinajstić information content (AvgIpc) is 2.60. The Hall–Kier alpha value is -0.120. The van der Waals surface area contributed by atoms with Crippen molar-refractivity contribution in [2.24, 2.45) is 0 Å². The number of hydrogen-bond acceptors (Lipinski definition) is 3. The Morgan fingerprint density at radius 2 is 0.846 bits per heavy atom. The van der Waals surface area contributed by atoms with Gasteiger partial charge in [0.1, 0.15) is 0 Å². The molecule has 0 rings (SSSR count). The van der Waals surface area contributed by atoms with Gasteiger partial charge in [-0.3, -0.25) is 0 Å². The van der Waals surface area contributed by atoms with Crippen molar-refractivity contribution in [3.63, 3.8) is 0 Å². The number of aliphatic hydroxyl groups is 2. The van der Waals surface area contributed by atoms with Crippen molar-refractivity contribution in [1.82, 2.24) is 4.90 Å². The van der Waals surface area contributed by atoms with Crippen LogP contribution in [-0.2, 0) is 0 Å². The van der Waals surface area contributed by atoms with Gasteiger partial charge in [0, 0.05) is 6.54 Å². The topological polar surface area (TPSA) is 43.7 Å². The first-order valence-electron chi connectivity index (χ1n) is 11.7. The van der Waals surface area contributed by atoms with Gasteiger partial charge >= 0.3 is 0 Å². The van der Waals surface area contributed by atoms with Crippen molar-refractivity contribution in [2.75, 3.05) is 20.1 Å².